The lowest BCUT2D eigenvalue weighted by atomic mass is 10.2. The number of nitrogens with one attached hydrogen (secondary N) is 1. The Morgan fingerprint density at radius 2 is 1.84 bits per heavy atom. The monoisotopic (exact) mass is 260 g/mol. The first-order valence-electron chi connectivity index (χ1n) is 7.58. The Morgan fingerprint density at radius 3 is 2.37 bits per heavy atom. The maximum Gasteiger partial charge on any atom is 0.224 e. The maximum absolute atomic E-state index is 4.73. The van der Waals surface area contributed by atoms with Crippen molar-refractivity contribution < 1.29 is 0 Å². The molecular weight excluding hydrogens is 236 g/mol. The van der Waals surface area contributed by atoms with Crippen LogP contribution in [0.25, 0.3) is 0 Å². The van der Waals surface area contributed by atoms with E-state index < -0.39 is 0 Å². The molecule has 2 aliphatic carbocycles. The number of nitrogens with zero attached hydrogens (tertiary/aromatic N) is 3. The van der Waals surface area contributed by atoms with Gasteiger partial charge in [0.15, 0.2) is 0 Å². The average Bonchev–Trinajstić information content (AvgIpc) is 3.26. The highest BCUT2D eigenvalue weighted by Gasteiger charge is 2.30. The first-order valence-corrected chi connectivity index (χ1v) is 7.58. The molecule has 2 saturated carbocycles. The third kappa shape index (κ3) is 3.37. The molecule has 0 unspecified atom stereocenters. The van der Waals surface area contributed by atoms with Gasteiger partial charge >= 0.3 is 0 Å². The highest BCUT2D eigenvalue weighted by molar-refractivity contribution is 5.49. The summed E-state index contributed by atoms with van der Waals surface area (Å²) in [5.41, 5.74) is 1.20. The van der Waals surface area contributed by atoms with Crippen LogP contribution in [0.1, 0.15) is 38.2 Å². The zero-order valence-corrected chi connectivity index (χ0v) is 12.0. The molecule has 0 amide bonds. The molecule has 2 aliphatic rings. The highest BCUT2D eigenvalue weighted by Crippen LogP contribution is 2.36. The van der Waals surface area contributed by atoms with E-state index in [4.69, 9.17) is 4.98 Å². The summed E-state index contributed by atoms with van der Waals surface area (Å²) < 4.78 is 0. The number of hydrogen-bond donors (Lipinski definition) is 1. The summed E-state index contributed by atoms with van der Waals surface area (Å²) in [7, 11) is 0. The Hall–Kier alpha value is -1.32. The van der Waals surface area contributed by atoms with Crippen molar-refractivity contribution in [3.63, 3.8) is 0 Å². The van der Waals surface area contributed by atoms with E-state index in [2.05, 4.69) is 29.0 Å². The molecule has 1 heterocycles. The lowest BCUT2D eigenvalue weighted by Crippen LogP contribution is -2.30. The largest absolute Gasteiger partial charge is 0.356 e. The van der Waals surface area contributed by atoms with Crippen LogP contribution in [0.5, 0.6) is 0 Å². The van der Waals surface area contributed by atoms with Crippen LogP contribution in [0, 0.1) is 18.8 Å². The van der Waals surface area contributed by atoms with Crippen molar-refractivity contribution in [2.75, 3.05) is 29.9 Å². The summed E-state index contributed by atoms with van der Waals surface area (Å²) >= 11 is 0. The molecule has 1 N–H and O–H groups in total. The smallest absolute Gasteiger partial charge is 0.224 e. The Balaban J connectivity index is 1.79. The molecule has 1 aromatic rings. The minimum absolute atomic E-state index is 0.764. The standard InChI is InChI=1S/C15H24N4/c1-3-16-15-17-8-11(2)14(18-15)19(9-12-4-5-12)10-13-6-7-13/h8,12-13H,3-7,9-10H2,1-2H3,(H,16,17,18). The van der Waals surface area contributed by atoms with Gasteiger partial charge in [-0.2, -0.15) is 4.98 Å². The summed E-state index contributed by atoms with van der Waals surface area (Å²) in [4.78, 5) is 11.6. The van der Waals surface area contributed by atoms with E-state index in [0.717, 1.165) is 30.1 Å². The predicted molar refractivity (Wildman–Crippen MR) is 78.6 cm³/mol. The SMILES string of the molecule is CCNc1ncc(C)c(N(CC2CC2)CC2CC2)n1. The molecule has 19 heavy (non-hydrogen) atoms. The third-order valence-corrected chi connectivity index (χ3v) is 3.93. The molecule has 0 aromatic carbocycles. The van der Waals surface area contributed by atoms with Gasteiger partial charge in [-0.3, -0.25) is 0 Å². The van der Waals surface area contributed by atoms with Crippen LogP contribution < -0.4 is 10.2 Å². The molecule has 2 fully saturated rings. The lowest BCUT2D eigenvalue weighted by molar-refractivity contribution is 0.669. The normalized spacial score (nSPS) is 18.4. The van der Waals surface area contributed by atoms with Crippen LogP contribution >= 0.6 is 0 Å². The van der Waals surface area contributed by atoms with E-state index in [1.165, 1.54) is 44.3 Å². The molecule has 104 valence electrons. The number of anilines is 2. The molecule has 3 rings (SSSR count). The fourth-order valence-electron chi connectivity index (χ4n) is 2.47. The van der Waals surface area contributed by atoms with Gasteiger partial charge in [-0.25, -0.2) is 4.98 Å². The second kappa shape index (κ2) is 5.35. The summed E-state index contributed by atoms with van der Waals surface area (Å²) in [6.45, 7) is 7.43. The fraction of sp³-hybridized carbons (Fsp3) is 0.733. The van der Waals surface area contributed by atoms with Crippen LogP contribution in [0.15, 0.2) is 6.20 Å². The topological polar surface area (TPSA) is 41.1 Å². The maximum atomic E-state index is 4.73. The second-order valence-corrected chi connectivity index (χ2v) is 6.02. The number of rotatable bonds is 7. The molecule has 0 aliphatic heterocycles. The Morgan fingerprint density at radius 1 is 1.21 bits per heavy atom. The minimum Gasteiger partial charge on any atom is -0.356 e. The van der Waals surface area contributed by atoms with Gasteiger partial charge in [-0.05, 0) is 51.4 Å². The zero-order valence-electron chi connectivity index (χ0n) is 12.0. The number of aromatic nitrogens is 2. The predicted octanol–water partition coefficient (Wildman–Crippen LogP) is 2.84. The summed E-state index contributed by atoms with van der Waals surface area (Å²) in [6, 6.07) is 0. The van der Waals surface area contributed by atoms with Gasteiger partial charge in [-0.1, -0.05) is 0 Å². The highest BCUT2D eigenvalue weighted by atomic mass is 15.2. The Bertz CT molecular complexity index is 424. The van der Waals surface area contributed by atoms with Gasteiger partial charge in [0.05, 0.1) is 0 Å². The molecule has 0 spiro atoms. The van der Waals surface area contributed by atoms with Crippen molar-refractivity contribution in [1.29, 1.82) is 0 Å². The van der Waals surface area contributed by atoms with Crippen molar-refractivity contribution in [2.45, 2.75) is 39.5 Å². The van der Waals surface area contributed by atoms with E-state index in [-0.39, 0.29) is 0 Å². The van der Waals surface area contributed by atoms with E-state index in [1.54, 1.807) is 0 Å². The summed E-state index contributed by atoms with van der Waals surface area (Å²) in [5, 5.41) is 3.22. The summed E-state index contributed by atoms with van der Waals surface area (Å²) in [5.74, 6) is 3.70. The first kappa shape index (κ1) is 12.7. The van der Waals surface area contributed by atoms with Gasteiger partial charge in [-0.15, -0.1) is 0 Å². The Kier molecular flexibility index (Phi) is 3.58. The van der Waals surface area contributed by atoms with Crippen LogP contribution in [-0.4, -0.2) is 29.6 Å². The van der Waals surface area contributed by atoms with Gasteiger partial charge in [0, 0.05) is 31.4 Å². The molecule has 1 aromatic heterocycles. The quantitative estimate of drug-likeness (QED) is 0.818. The minimum atomic E-state index is 0.764. The zero-order chi connectivity index (χ0) is 13.2. The summed E-state index contributed by atoms with van der Waals surface area (Å²) in [6.07, 6.45) is 7.53. The average molecular weight is 260 g/mol. The lowest BCUT2D eigenvalue weighted by Gasteiger charge is -2.25. The Labute approximate surface area is 115 Å². The molecule has 4 heteroatoms. The molecular formula is C15H24N4. The number of hydrogen-bond acceptors (Lipinski definition) is 4. The molecule has 0 atom stereocenters. The van der Waals surface area contributed by atoms with Gasteiger partial charge in [0.2, 0.25) is 5.95 Å². The van der Waals surface area contributed by atoms with Crippen LogP contribution in [-0.2, 0) is 0 Å². The third-order valence-electron chi connectivity index (χ3n) is 3.93. The van der Waals surface area contributed by atoms with Gasteiger partial charge < -0.3 is 10.2 Å². The van der Waals surface area contributed by atoms with E-state index in [1.807, 2.05) is 6.20 Å². The molecule has 4 nitrogen and oxygen atoms in total. The second-order valence-electron chi connectivity index (χ2n) is 6.02. The van der Waals surface area contributed by atoms with Crippen LogP contribution in [0.2, 0.25) is 0 Å². The van der Waals surface area contributed by atoms with E-state index >= 15 is 0 Å². The molecule has 0 radical (unpaired) electrons. The van der Waals surface area contributed by atoms with Crippen molar-refractivity contribution >= 4 is 11.8 Å². The van der Waals surface area contributed by atoms with E-state index in [0.29, 0.717) is 0 Å². The van der Waals surface area contributed by atoms with E-state index in [9.17, 15) is 0 Å². The van der Waals surface area contributed by atoms with Crippen molar-refractivity contribution in [1.82, 2.24) is 9.97 Å². The molecule has 0 saturated heterocycles. The van der Waals surface area contributed by atoms with Crippen molar-refractivity contribution in [3.05, 3.63) is 11.8 Å². The van der Waals surface area contributed by atoms with Gasteiger partial charge in [0.25, 0.3) is 0 Å². The first-order chi connectivity index (χ1) is 9.26. The van der Waals surface area contributed by atoms with Gasteiger partial charge in [0.1, 0.15) is 5.82 Å². The number of aryl methyl sites for hydroxylation is 1. The fourth-order valence-corrected chi connectivity index (χ4v) is 2.47. The molecule has 0 bridgehead atoms. The van der Waals surface area contributed by atoms with Crippen molar-refractivity contribution in [3.8, 4) is 0 Å². The van der Waals surface area contributed by atoms with Crippen LogP contribution in [0.4, 0.5) is 11.8 Å². The van der Waals surface area contributed by atoms with Crippen LogP contribution in [0.3, 0.4) is 0 Å². The van der Waals surface area contributed by atoms with Crippen molar-refractivity contribution in [2.24, 2.45) is 11.8 Å².